The van der Waals surface area contributed by atoms with Crippen molar-refractivity contribution in [1.82, 2.24) is 9.80 Å². The maximum absolute atomic E-state index is 14.4. The molecule has 3 aromatic carbocycles. The molecule has 1 heterocycles. The van der Waals surface area contributed by atoms with Gasteiger partial charge < -0.3 is 0 Å². The van der Waals surface area contributed by atoms with Crippen LogP contribution in [0.2, 0.25) is 10.0 Å². The predicted molar refractivity (Wildman–Crippen MR) is 117 cm³/mol. The summed E-state index contributed by atoms with van der Waals surface area (Å²) in [6, 6.07) is 22.8. The minimum absolute atomic E-state index is 0.0478. The second kappa shape index (κ2) is 9.27. The molecule has 0 bridgehead atoms. The molecule has 3 aromatic rings. The average molecular weight is 429 g/mol. The van der Waals surface area contributed by atoms with Crippen LogP contribution in [0.4, 0.5) is 4.39 Å². The van der Waals surface area contributed by atoms with E-state index in [1.807, 2.05) is 48.5 Å². The summed E-state index contributed by atoms with van der Waals surface area (Å²) < 4.78 is 14.4. The van der Waals surface area contributed by atoms with Crippen molar-refractivity contribution in [2.45, 2.75) is 25.7 Å². The van der Waals surface area contributed by atoms with Gasteiger partial charge in [0.2, 0.25) is 0 Å². The Labute approximate surface area is 181 Å². The first-order chi connectivity index (χ1) is 14.1. The Kier molecular flexibility index (Phi) is 6.51. The van der Waals surface area contributed by atoms with Crippen LogP contribution in [0.1, 0.15) is 29.3 Å². The topological polar surface area (TPSA) is 6.48 Å². The molecule has 4 rings (SSSR count). The van der Waals surface area contributed by atoms with Gasteiger partial charge in [-0.15, -0.1) is 0 Å². The molecule has 1 unspecified atom stereocenters. The molecule has 0 saturated carbocycles. The van der Waals surface area contributed by atoms with Crippen LogP contribution < -0.4 is 0 Å². The molecule has 1 saturated heterocycles. The fraction of sp³-hybridized carbons (Fsp3) is 0.250. The molecule has 0 spiro atoms. The maximum atomic E-state index is 14.4. The molecule has 1 atom stereocenters. The summed E-state index contributed by atoms with van der Waals surface area (Å²) in [5.74, 6) is -0.173. The molecule has 0 radical (unpaired) electrons. The first-order valence-electron chi connectivity index (χ1n) is 9.83. The smallest absolute Gasteiger partial charge is 0.127 e. The number of hydrogen-bond donors (Lipinski definition) is 0. The summed E-state index contributed by atoms with van der Waals surface area (Å²) in [5, 5.41) is 1.48. The van der Waals surface area contributed by atoms with Gasteiger partial charge in [-0.05, 0) is 30.2 Å². The van der Waals surface area contributed by atoms with Gasteiger partial charge >= 0.3 is 0 Å². The lowest BCUT2D eigenvalue weighted by atomic mass is 10.0. The van der Waals surface area contributed by atoms with Crippen molar-refractivity contribution in [1.29, 1.82) is 0 Å². The minimum Gasteiger partial charge on any atom is -0.280 e. The third kappa shape index (κ3) is 4.65. The number of benzene rings is 3. The fourth-order valence-corrected chi connectivity index (χ4v) is 4.48. The molecule has 0 N–H and O–H groups in total. The van der Waals surface area contributed by atoms with Crippen LogP contribution in [0.15, 0.2) is 72.8 Å². The van der Waals surface area contributed by atoms with Crippen LogP contribution in [-0.4, -0.2) is 22.9 Å². The minimum atomic E-state index is -0.173. The SMILES string of the molecule is Fc1ccccc1CN1CCCN(Cc2ccccc2Cl)C1c1ccccc1Cl. The van der Waals surface area contributed by atoms with Crippen LogP contribution in [0.3, 0.4) is 0 Å². The molecule has 0 aromatic heterocycles. The standard InChI is InChI=1S/C24H23Cl2FN2/c25-21-11-4-1-8-18(21)16-28-14-7-15-29(17-19-9-2-6-13-23(19)27)24(28)20-10-3-5-12-22(20)26/h1-6,8-13,24H,7,14-17H2. The summed E-state index contributed by atoms with van der Waals surface area (Å²) in [7, 11) is 0. The van der Waals surface area contributed by atoms with E-state index in [2.05, 4.69) is 21.9 Å². The third-order valence-electron chi connectivity index (χ3n) is 5.43. The van der Waals surface area contributed by atoms with Crippen molar-refractivity contribution in [3.8, 4) is 0 Å². The quantitative estimate of drug-likeness (QED) is 0.455. The number of nitrogens with zero attached hydrogens (tertiary/aromatic N) is 2. The number of rotatable bonds is 5. The molecule has 0 aliphatic carbocycles. The molecule has 150 valence electrons. The second-order valence-electron chi connectivity index (χ2n) is 7.37. The van der Waals surface area contributed by atoms with E-state index in [0.29, 0.717) is 18.7 Å². The fourth-order valence-electron chi connectivity index (χ4n) is 4.05. The normalized spacial score (nSPS) is 18.1. The maximum Gasteiger partial charge on any atom is 0.127 e. The zero-order valence-electron chi connectivity index (χ0n) is 16.1. The zero-order chi connectivity index (χ0) is 20.2. The summed E-state index contributed by atoms with van der Waals surface area (Å²) in [6.45, 7) is 3.04. The highest BCUT2D eigenvalue weighted by Gasteiger charge is 2.32. The van der Waals surface area contributed by atoms with Crippen molar-refractivity contribution in [2.24, 2.45) is 0 Å². The van der Waals surface area contributed by atoms with Gasteiger partial charge in [0.05, 0.1) is 6.17 Å². The molecule has 1 aliphatic heterocycles. The van der Waals surface area contributed by atoms with Crippen molar-refractivity contribution in [3.63, 3.8) is 0 Å². The van der Waals surface area contributed by atoms with E-state index in [4.69, 9.17) is 23.2 Å². The van der Waals surface area contributed by atoms with E-state index in [1.54, 1.807) is 6.07 Å². The van der Waals surface area contributed by atoms with Crippen LogP contribution in [0, 0.1) is 5.82 Å². The van der Waals surface area contributed by atoms with E-state index in [-0.39, 0.29) is 12.0 Å². The summed E-state index contributed by atoms with van der Waals surface area (Å²) in [5.41, 5.74) is 2.82. The lowest BCUT2D eigenvalue weighted by Gasteiger charge is -2.44. The van der Waals surface area contributed by atoms with Crippen molar-refractivity contribution < 1.29 is 4.39 Å². The van der Waals surface area contributed by atoms with E-state index in [9.17, 15) is 4.39 Å². The van der Waals surface area contributed by atoms with Crippen molar-refractivity contribution in [3.05, 3.63) is 105 Å². The van der Waals surface area contributed by atoms with E-state index in [1.165, 1.54) is 6.07 Å². The number of halogens is 3. The molecule has 0 amide bonds. The molecule has 2 nitrogen and oxygen atoms in total. The number of hydrogen-bond acceptors (Lipinski definition) is 2. The van der Waals surface area contributed by atoms with E-state index < -0.39 is 0 Å². The Morgan fingerprint density at radius 2 is 1.28 bits per heavy atom. The highest BCUT2D eigenvalue weighted by atomic mass is 35.5. The monoisotopic (exact) mass is 428 g/mol. The van der Waals surface area contributed by atoms with Gasteiger partial charge in [0.25, 0.3) is 0 Å². The van der Waals surface area contributed by atoms with Gasteiger partial charge in [-0.1, -0.05) is 77.8 Å². The Hall–Kier alpha value is -1.91. The first-order valence-corrected chi connectivity index (χ1v) is 10.6. The molecular weight excluding hydrogens is 406 g/mol. The predicted octanol–water partition coefficient (Wildman–Crippen LogP) is 6.54. The second-order valence-corrected chi connectivity index (χ2v) is 8.19. The van der Waals surface area contributed by atoms with E-state index >= 15 is 0 Å². The van der Waals surface area contributed by atoms with Gasteiger partial charge in [0.15, 0.2) is 0 Å². The highest BCUT2D eigenvalue weighted by Crippen LogP contribution is 2.36. The van der Waals surface area contributed by atoms with Gasteiger partial charge in [0.1, 0.15) is 5.82 Å². The van der Waals surface area contributed by atoms with Crippen LogP contribution in [0.5, 0.6) is 0 Å². The summed E-state index contributed by atoms with van der Waals surface area (Å²) >= 11 is 13.0. The third-order valence-corrected chi connectivity index (χ3v) is 6.14. The average Bonchev–Trinajstić information content (AvgIpc) is 2.72. The first kappa shape index (κ1) is 20.4. The van der Waals surface area contributed by atoms with Crippen LogP contribution in [0.25, 0.3) is 0 Å². The van der Waals surface area contributed by atoms with Crippen LogP contribution >= 0.6 is 23.2 Å². The molecule has 29 heavy (non-hydrogen) atoms. The van der Waals surface area contributed by atoms with E-state index in [0.717, 1.165) is 40.7 Å². The van der Waals surface area contributed by atoms with Crippen molar-refractivity contribution in [2.75, 3.05) is 13.1 Å². The molecule has 1 aliphatic rings. The summed E-state index contributed by atoms with van der Waals surface area (Å²) in [4.78, 5) is 4.69. The molecule has 1 fully saturated rings. The van der Waals surface area contributed by atoms with Gasteiger partial charge in [-0.25, -0.2) is 4.39 Å². The highest BCUT2D eigenvalue weighted by molar-refractivity contribution is 6.31. The van der Waals surface area contributed by atoms with Gasteiger partial charge in [-0.2, -0.15) is 0 Å². The summed E-state index contributed by atoms with van der Waals surface area (Å²) in [6.07, 6.45) is 0.952. The Bertz CT molecular complexity index is 923. The zero-order valence-corrected chi connectivity index (χ0v) is 17.6. The Morgan fingerprint density at radius 1 is 0.724 bits per heavy atom. The largest absolute Gasteiger partial charge is 0.280 e. The van der Waals surface area contributed by atoms with Crippen molar-refractivity contribution >= 4 is 23.2 Å². The van der Waals surface area contributed by atoms with Crippen LogP contribution in [-0.2, 0) is 13.1 Å². The Balaban J connectivity index is 1.69. The van der Waals surface area contributed by atoms with Gasteiger partial charge in [0, 0.05) is 47.4 Å². The Morgan fingerprint density at radius 3 is 1.93 bits per heavy atom. The molecular formula is C24H23Cl2FN2. The lowest BCUT2D eigenvalue weighted by Crippen LogP contribution is -2.47. The molecule has 5 heteroatoms. The van der Waals surface area contributed by atoms with Gasteiger partial charge in [-0.3, -0.25) is 9.80 Å². The lowest BCUT2D eigenvalue weighted by molar-refractivity contribution is -0.00956.